The van der Waals surface area contributed by atoms with Crippen molar-refractivity contribution in [1.29, 1.82) is 0 Å². The van der Waals surface area contributed by atoms with Crippen LogP contribution in [-0.2, 0) is 22.6 Å². The first-order chi connectivity index (χ1) is 17.5. The quantitative estimate of drug-likeness (QED) is 0.379. The number of amides is 2. The predicted octanol–water partition coefficient (Wildman–Crippen LogP) is 5.51. The molecule has 0 radical (unpaired) electrons. The number of anilines is 1. The average Bonchev–Trinajstić information content (AvgIpc) is 3.52. The van der Waals surface area contributed by atoms with E-state index in [1.165, 1.54) is 16.0 Å². The molecule has 36 heavy (non-hydrogen) atoms. The lowest BCUT2D eigenvalue weighted by atomic mass is 10.1. The molecule has 1 unspecified atom stereocenters. The average molecular weight is 483 g/mol. The smallest absolute Gasteiger partial charge is 0.410 e. The number of nitrogens with one attached hydrogen (secondary N) is 2. The maximum Gasteiger partial charge on any atom is 0.410 e. The predicted molar refractivity (Wildman–Crippen MR) is 140 cm³/mol. The Balaban J connectivity index is 1.18. The van der Waals surface area contributed by atoms with E-state index in [2.05, 4.69) is 36.3 Å². The molecular formula is C29H30N4O3. The van der Waals surface area contributed by atoms with Gasteiger partial charge in [0.15, 0.2) is 0 Å². The Bertz CT molecular complexity index is 1340. The fraction of sp³-hybridized carbons (Fsp3) is 0.276. The largest absolute Gasteiger partial charge is 0.445 e. The second kappa shape index (κ2) is 10.2. The van der Waals surface area contributed by atoms with Crippen molar-refractivity contribution in [2.75, 3.05) is 11.9 Å². The molecule has 1 fully saturated rings. The molecular weight excluding hydrogens is 452 g/mol. The van der Waals surface area contributed by atoms with Crippen molar-refractivity contribution in [2.45, 2.75) is 45.8 Å². The van der Waals surface area contributed by atoms with Gasteiger partial charge in [0.2, 0.25) is 5.91 Å². The van der Waals surface area contributed by atoms with Crippen LogP contribution >= 0.6 is 0 Å². The molecule has 184 valence electrons. The molecule has 7 nitrogen and oxygen atoms in total. The Kier molecular flexibility index (Phi) is 6.71. The van der Waals surface area contributed by atoms with Gasteiger partial charge < -0.3 is 15.0 Å². The number of aromatic nitrogens is 2. The number of likely N-dealkylation sites (tertiary alicyclic amines) is 1. The zero-order chi connectivity index (χ0) is 25.1. The van der Waals surface area contributed by atoms with Crippen molar-refractivity contribution in [2.24, 2.45) is 0 Å². The van der Waals surface area contributed by atoms with Gasteiger partial charge in [-0.25, -0.2) is 9.78 Å². The van der Waals surface area contributed by atoms with Gasteiger partial charge in [0.05, 0.1) is 11.0 Å². The van der Waals surface area contributed by atoms with Crippen LogP contribution in [0.25, 0.3) is 11.0 Å². The standard InChI is InChI=1S/C29H30N4O3/c1-19-15-24-25(16-20(19)2)32-27(31-24)17-21-10-12-23(13-11-21)30-28(34)26-9-6-14-33(26)29(35)36-18-22-7-4-3-5-8-22/h3-5,7-8,10-13,15-16,26H,6,9,14,17-18H2,1-2H3,(H,30,34)(H,31,32). The highest BCUT2D eigenvalue weighted by atomic mass is 16.6. The maximum absolute atomic E-state index is 13.0. The summed E-state index contributed by atoms with van der Waals surface area (Å²) < 4.78 is 5.45. The number of hydrogen-bond acceptors (Lipinski definition) is 4. The van der Waals surface area contributed by atoms with Gasteiger partial charge in [-0.2, -0.15) is 0 Å². The highest BCUT2D eigenvalue weighted by Crippen LogP contribution is 2.22. The van der Waals surface area contributed by atoms with Crippen LogP contribution in [0.3, 0.4) is 0 Å². The molecule has 1 saturated heterocycles. The lowest BCUT2D eigenvalue weighted by molar-refractivity contribution is -0.120. The third-order valence-corrected chi connectivity index (χ3v) is 6.73. The summed E-state index contributed by atoms with van der Waals surface area (Å²) in [5.74, 6) is 0.710. The molecule has 1 aromatic heterocycles. The van der Waals surface area contributed by atoms with Crippen LogP contribution in [0.5, 0.6) is 0 Å². The number of carbonyl (C=O) groups excluding carboxylic acids is 2. The molecule has 7 heteroatoms. The number of aryl methyl sites for hydroxylation is 2. The highest BCUT2D eigenvalue weighted by Gasteiger charge is 2.35. The summed E-state index contributed by atoms with van der Waals surface area (Å²) in [5.41, 5.74) is 7.19. The number of ether oxygens (including phenoxy) is 1. The van der Waals surface area contributed by atoms with Gasteiger partial charge in [0.25, 0.3) is 0 Å². The molecule has 3 aromatic carbocycles. The van der Waals surface area contributed by atoms with Gasteiger partial charge in [-0.05, 0) is 73.2 Å². The Labute approximate surface area is 210 Å². The Morgan fingerprint density at radius 3 is 2.56 bits per heavy atom. The summed E-state index contributed by atoms with van der Waals surface area (Å²) >= 11 is 0. The van der Waals surface area contributed by atoms with Gasteiger partial charge >= 0.3 is 6.09 Å². The Hall–Kier alpha value is -4.13. The second-order valence-electron chi connectivity index (χ2n) is 9.39. The summed E-state index contributed by atoms with van der Waals surface area (Å²) in [4.78, 5) is 35.2. The third kappa shape index (κ3) is 5.25. The maximum atomic E-state index is 13.0. The Morgan fingerprint density at radius 2 is 1.78 bits per heavy atom. The lowest BCUT2D eigenvalue weighted by Crippen LogP contribution is -2.43. The fourth-order valence-corrected chi connectivity index (χ4v) is 4.59. The van der Waals surface area contributed by atoms with E-state index in [1.807, 2.05) is 54.6 Å². The number of imidazole rings is 1. The number of rotatable bonds is 6. The van der Waals surface area contributed by atoms with E-state index < -0.39 is 12.1 Å². The van der Waals surface area contributed by atoms with Gasteiger partial charge in [-0.1, -0.05) is 42.5 Å². The molecule has 0 aliphatic carbocycles. The number of nitrogens with zero attached hydrogens (tertiary/aromatic N) is 2. The van der Waals surface area contributed by atoms with Crippen molar-refractivity contribution < 1.29 is 14.3 Å². The number of fused-ring (bicyclic) bond motifs is 1. The third-order valence-electron chi connectivity index (χ3n) is 6.73. The normalized spacial score (nSPS) is 15.3. The molecule has 1 atom stereocenters. The van der Waals surface area contributed by atoms with E-state index in [0.29, 0.717) is 25.1 Å². The van der Waals surface area contributed by atoms with E-state index in [1.54, 1.807) is 0 Å². The zero-order valence-electron chi connectivity index (χ0n) is 20.6. The molecule has 0 saturated carbocycles. The van der Waals surface area contributed by atoms with Crippen LogP contribution in [0.15, 0.2) is 66.7 Å². The van der Waals surface area contributed by atoms with E-state index in [0.717, 1.165) is 34.4 Å². The van der Waals surface area contributed by atoms with Crippen LogP contribution in [0, 0.1) is 13.8 Å². The van der Waals surface area contributed by atoms with E-state index in [4.69, 9.17) is 9.72 Å². The van der Waals surface area contributed by atoms with Crippen molar-refractivity contribution in [3.05, 3.63) is 94.8 Å². The van der Waals surface area contributed by atoms with E-state index >= 15 is 0 Å². The molecule has 2 amide bonds. The molecule has 0 spiro atoms. The van der Waals surface area contributed by atoms with Crippen molar-refractivity contribution in [1.82, 2.24) is 14.9 Å². The van der Waals surface area contributed by atoms with Crippen LogP contribution in [0.4, 0.5) is 10.5 Å². The molecule has 2 heterocycles. The van der Waals surface area contributed by atoms with Crippen molar-refractivity contribution in [3.63, 3.8) is 0 Å². The summed E-state index contributed by atoms with van der Waals surface area (Å²) in [7, 11) is 0. The van der Waals surface area contributed by atoms with E-state index in [9.17, 15) is 9.59 Å². The number of hydrogen-bond donors (Lipinski definition) is 2. The number of aromatic amines is 1. The van der Waals surface area contributed by atoms with Crippen molar-refractivity contribution >= 4 is 28.7 Å². The lowest BCUT2D eigenvalue weighted by Gasteiger charge is -2.23. The minimum atomic E-state index is -0.532. The highest BCUT2D eigenvalue weighted by molar-refractivity contribution is 5.96. The first-order valence-electron chi connectivity index (χ1n) is 12.3. The fourth-order valence-electron chi connectivity index (χ4n) is 4.59. The molecule has 2 N–H and O–H groups in total. The van der Waals surface area contributed by atoms with Gasteiger partial charge in [-0.15, -0.1) is 0 Å². The second-order valence-corrected chi connectivity index (χ2v) is 9.39. The number of carbonyl (C=O) groups is 2. The molecule has 4 aromatic rings. The first kappa shape index (κ1) is 23.6. The number of benzene rings is 3. The van der Waals surface area contributed by atoms with Crippen LogP contribution < -0.4 is 5.32 Å². The first-order valence-corrected chi connectivity index (χ1v) is 12.3. The molecule has 1 aliphatic heterocycles. The minimum Gasteiger partial charge on any atom is -0.445 e. The zero-order valence-corrected chi connectivity index (χ0v) is 20.6. The summed E-state index contributed by atoms with van der Waals surface area (Å²) in [6.07, 6.45) is 1.61. The SMILES string of the molecule is Cc1cc2nc(Cc3ccc(NC(=O)C4CCCN4C(=O)OCc4ccccc4)cc3)[nH]c2cc1C. The number of H-pyrrole nitrogens is 1. The van der Waals surface area contributed by atoms with Crippen LogP contribution in [-0.4, -0.2) is 39.5 Å². The summed E-state index contributed by atoms with van der Waals surface area (Å²) in [5, 5.41) is 2.96. The minimum absolute atomic E-state index is 0.191. The molecule has 5 rings (SSSR count). The molecule has 0 bridgehead atoms. The Morgan fingerprint density at radius 1 is 1.03 bits per heavy atom. The van der Waals surface area contributed by atoms with Crippen molar-refractivity contribution in [3.8, 4) is 0 Å². The van der Waals surface area contributed by atoms with E-state index in [-0.39, 0.29) is 12.5 Å². The summed E-state index contributed by atoms with van der Waals surface area (Å²) in [6.45, 7) is 4.90. The molecule has 1 aliphatic rings. The monoisotopic (exact) mass is 482 g/mol. The van der Waals surface area contributed by atoms with Crippen LogP contribution in [0.2, 0.25) is 0 Å². The van der Waals surface area contributed by atoms with Gasteiger partial charge in [0, 0.05) is 18.7 Å². The van der Waals surface area contributed by atoms with Gasteiger partial charge in [-0.3, -0.25) is 9.69 Å². The topological polar surface area (TPSA) is 87.3 Å². The van der Waals surface area contributed by atoms with Gasteiger partial charge in [0.1, 0.15) is 18.5 Å². The summed E-state index contributed by atoms with van der Waals surface area (Å²) in [6, 6.07) is 21.0. The van der Waals surface area contributed by atoms with Crippen LogP contribution in [0.1, 0.15) is 40.9 Å².